The number of hydrogen-bond donors (Lipinski definition) is 2. The molecule has 0 saturated carbocycles. The average Bonchev–Trinajstić information content (AvgIpc) is 3.61. The molecule has 2 aromatic heterocycles. The Morgan fingerprint density at radius 3 is 2.76 bits per heavy atom. The molecule has 6 nitrogen and oxygen atoms in total. The van der Waals surface area contributed by atoms with Gasteiger partial charge in [-0.1, -0.05) is 36.4 Å². The van der Waals surface area contributed by atoms with Gasteiger partial charge in [-0.2, -0.15) is 5.10 Å². The summed E-state index contributed by atoms with van der Waals surface area (Å²) in [5.74, 6) is 0.0488. The van der Waals surface area contributed by atoms with E-state index in [2.05, 4.69) is 57.6 Å². The maximum atomic E-state index is 12.5. The van der Waals surface area contributed by atoms with E-state index in [9.17, 15) is 4.79 Å². The predicted octanol–water partition coefficient (Wildman–Crippen LogP) is 5.34. The molecule has 6 rings (SSSR count). The number of aromatic nitrogens is 2. The summed E-state index contributed by atoms with van der Waals surface area (Å²) in [6.45, 7) is 7.58. The van der Waals surface area contributed by atoms with Crippen LogP contribution in [0.25, 0.3) is 21.8 Å². The molecule has 3 heterocycles. The third-order valence-electron chi connectivity index (χ3n) is 7.59. The summed E-state index contributed by atoms with van der Waals surface area (Å²) in [5, 5.41) is 11.0. The molecular weight excluding hydrogens is 478 g/mol. The number of H-pyrrole nitrogens is 1. The number of likely N-dealkylation sites (N-methyl/N-ethyl adjacent to an activating group) is 1. The Morgan fingerprint density at radius 1 is 1.08 bits per heavy atom. The van der Waals surface area contributed by atoms with Gasteiger partial charge in [-0.25, -0.2) is 0 Å². The van der Waals surface area contributed by atoms with Crippen LogP contribution in [0.15, 0.2) is 54.6 Å². The van der Waals surface area contributed by atoms with Crippen molar-refractivity contribution in [2.75, 3.05) is 38.5 Å². The fraction of sp³-hybridized carbons (Fsp3) is 0.333. The number of nitrogens with zero attached hydrogens (tertiary/aromatic N) is 3. The Bertz CT molecular complexity index is 1430. The van der Waals surface area contributed by atoms with Gasteiger partial charge in [0, 0.05) is 67.3 Å². The second-order valence-corrected chi connectivity index (χ2v) is 11.5. The summed E-state index contributed by atoms with van der Waals surface area (Å²) in [5.41, 5.74) is 9.52. The van der Waals surface area contributed by atoms with Crippen molar-refractivity contribution in [3.8, 4) is 21.8 Å². The molecule has 7 heteroatoms. The van der Waals surface area contributed by atoms with E-state index >= 15 is 0 Å². The maximum Gasteiger partial charge on any atom is 0.224 e. The van der Waals surface area contributed by atoms with Gasteiger partial charge in [-0.05, 0) is 55.3 Å². The normalized spacial score (nSPS) is 15.5. The molecule has 37 heavy (non-hydrogen) atoms. The van der Waals surface area contributed by atoms with Crippen molar-refractivity contribution in [2.45, 2.75) is 32.7 Å². The van der Waals surface area contributed by atoms with Crippen molar-refractivity contribution in [3.05, 3.63) is 81.7 Å². The van der Waals surface area contributed by atoms with Crippen LogP contribution in [0.1, 0.15) is 33.6 Å². The number of amides is 1. The van der Waals surface area contributed by atoms with E-state index in [0.29, 0.717) is 6.42 Å². The lowest BCUT2D eigenvalue weighted by Crippen LogP contribution is -2.43. The van der Waals surface area contributed by atoms with E-state index in [1.165, 1.54) is 27.1 Å². The summed E-state index contributed by atoms with van der Waals surface area (Å²) < 4.78 is 0. The number of aromatic amines is 1. The van der Waals surface area contributed by atoms with Crippen LogP contribution in [0.2, 0.25) is 0 Å². The molecule has 1 amide bonds. The molecular formula is C30H33N5OS. The molecule has 2 N–H and O–H groups in total. The Kier molecular flexibility index (Phi) is 6.67. The summed E-state index contributed by atoms with van der Waals surface area (Å²) >= 11 is 1.74. The number of para-hydroxylation sites is 1. The van der Waals surface area contributed by atoms with Gasteiger partial charge in [0.2, 0.25) is 5.91 Å². The molecule has 1 aliphatic carbocycles. The van der Waals surface area contributed by atoms with Crippen molar-refractivity contribution in [3.63, 3.8) is 0 Å². The molecule has 0 unspecified atom stereocenters. The van der Waals surface area contributed by atoms with E-state index in [0.717, 1.165) is 73.1 Å². The van der Waals surface area contributed by atoms with Crippen molar-refractivity contribution in [1.29, 1.82) is 0 Å². The number of carbonyl (C=O) groups is 1. The highest BCUT2D eigenvalue weighted by atomic mass is 32.1. The van der Waals surface area contributed by atoms with Crippen LogP contribution in [0.5, 0.6) is 0 Å². The summed E-state index contributed by atoms with van der Waals surface area (Å²) in [6.07, 6.45) is 2.11. The summed E-state index contributed by atoms with van der Waals surface area (Å²) in [4.78, 5) is 19.8. The van der Waals surface area contributed by atoms with Crippen LogP contribution in [0, 0.1) is 6.92 Å². The highest BCUT2D eigenvalue weighted by Gasteiger charge is 2.26. The van der Waals surface area contributed by atoms with Gasteiger partial charge in [0.15, 0.2) is 0 Å². The number of benzene rings is 2. The van der Waals surface area contributed by atoms with E-state index in [1.807, 2.05) is 31.2 Å². The first-order chi connectivity index (χ1) is 18.0. The SMILES string of the molecule is Cc1ccccc1NC(=O)CCc1ccc(-c2n[nH]c3c2Cc2cc(CN4CCN(C)CC4)ccc2-3)s1. The van der Waals surface area contributed by atoms with Crippen LogP contribution < -0.4 is 5.32 Å². The fourth-order valence-electron chi connectivity index (χ4n) is 5.36. The Labute approximate surface area is 222 Å². The number of thiophene rings is 1. The number of piperazine rings is 1. The molecule has 1 saturated heterocycles. The monoisotopic (exact) mass is 511 g/mol. The zero-order valence-corrected chi connectivity index (χ0v) is 22.3. The first kappa shape index (κ1) is 24.1. The van der Waals surface area contributed by atoms with E-state index in [-0.39, 0.29) is 5.91 Å². The van der Waals surface area contributed by atoms with Crippen molar-refractivity contribution >= 4 is 22.9 Å². The largest absolute Gasteiger partial charge is 0.326 e. The minimum absolute atomic E-state index is 0.0488. The topological polar surface area (TPSA) is 64.3 Å². The molecule has 190 valence electrons. The fourth-order valence-corrected chi connectivity index (χ4v) is 6.38. The van der Waals surface area contributed by atoms with Crippen LogP contribution in [0.3, 0.4) is 0 Å². The van der Waals surface area contributed by atoms with Gasteiger partial charge < -0.3 is 10.2 Å². The molecule has 0 bridgehead atoms. The number of carbonyl (C=O) groups excluding carboxylic acids is 1. The van der Waals surface area contributed by atoms with Crippen molar-refractivity contribution in [1.82, 2.24) is 20.0 Å². The lowest BCUT2D eigenvalue weighted by Gasteiger charge is -2.32. The number of hydrogen-bond acceptors (Lipinski definition) is 5. The number of rotatable bonds is 7. The third kappa shape index (κ3) is 5.12. The van der Waals surface area contributed by atoms with Gasteiger partial charge in [-0.3, -0.25) is 14.8 Å². The Morgan fingerprint density at radius 2 is 1.92 bits per heavy atom. The van der Waals surface area contributed by atoms with Gasteiger partial charge in [0.25, 0.3) is 0 Å². The van der Waals surface area contributed by atoms with Gasteiger partial charge in [0.05, 0.1) is 10.6 Å². The average molecular weight is 512 g/mol. The van der Waals surface area contributed by atoms with Crippen LogP contribution in [-0.4, -0.2) is 59.1 Å². The smallest absolute Gasteiger partial charge is 0.224 e. The molecule has 2 aliphatic rings. The number of nitrogens with one attached hydrogen (secondary N) is 2. The molecule has 0 spiro atoms. The van der Waals surface area contributed by atoms with Crippen molar-refractivity contribution in [2.24, 2.45) is 0 Å². The molecule has 1 fully saturated rings. The summed E-state index contributed by atoms with van der Waals surface area (Å²) in [6, 6.07) is 19.1. The molecule has 1 aliphatic heterocycles. The lowest BCUT2D eigenvalue weighted by atomic mass is 10.0. The summed E-state index contributed by atoms with van der Waals surface area (Å²) in [7, 11) is 2.20. The number of anilines is 1. The highest BCUT2D eigenvalue weighted by Crippen LogP contribution is 2.42. The van der Waals surface area contributed by atoms with Crippen LogP contribution >= 0.6 is 11.3 Å². The van der Waals surface area contributed by atoms with Gasteiger partial charge in [-0.15, -0.1) is 11.3 Å². The first-order valence-electron chi connectivity index (χ1n) is 13.1. The Balaban J connectivity index is 1.10. The molecule has 2 aromatic carbocycles. The maximum absolute atomic E-state index is 12.5. The van der Waals surface area contributed by atoms with E-state index in [4.69, 9.17) is 5.10 Å². The van der Waals surface area contributed by atoms with Gasteiger partial charge >= 0.3 is 0 Å². The van der Waals surface area contributed by atoms with Crippen LogP contribution in [0.4, 0.5) is 5.69 Å². The minimum Gasteiger partial charge on any atom is -0.326 e. The lowest BCUT2D eigenvalue weighted by molar-refractivity contribution is -0.116. The van der Waals surface area contributed by atoms with Crippen LogP contribution in [-0.2, 0) is 24.2 Å². The quantitative estimate of drug-likeness (QED) is 0.310. The van der Waals surface area contributed by atoms with E-state index in [1.54, 1.807) is 11.3 Å². The first-order valence-corrected chi connectivity index (χ1v) is 13.9. The Hall–Kier alpha value is -3.26. The predicted molar refractivity (Wildman–Crippen MR) is 151 cm³/mol. The molecule has 0 radical (unpaired) electrons. The number of fused-ring (bicyclic) bond motifs is 3. The zero-order chi connectivity index (χ0) is 25.4. The minimum atomic E-state index is 0.0488. The van der Waals surface area contributed by atoms with E-state index < -0.39 is 0 Å². The number of aryl methyl sites for hydroxylation is 2. The third-order valence-corrected chi connectivity index (χ3v) is 8.74. The zero-order valence-electron chi connectivity index (χ0n) is 21.5. The standard InChI is InChI=1S/C30H33N5OS/c1-20-5-3-4-6-26(20)31-28(36)12-9-23-8-11-27(37-23)30-25-18-22-17-21(7-10-24(22)29(25)32-33-30)19-35-15-13-34(2)14-16-35/h3-8,10-11,17H,9,12-16,18-19H2,1-2H3,(H,31,36)(H,32,33). The van der Waals surface area contributed by atoms with Gasteiger partial charge in [0.1, 0.15) is 5.69 Å². The second-order valence-electron chi connectivity index (χ2n) is 10.3. The second kappa shape index (κ2) is 10.2. The molecule has 0 atom stereocenters. The highest BCUT2D eigenvalue weighted by molar-refractivity contribution is 7.15. The molecule has 4 aromatic rings. The van der Waals surface area contributed by atoms with Crippen molar-refractivity contribution < 1.29 is 4.79 Å².